The van der Waals surface area contributed by atoms with Crippen LogP contribution in [0.5, 0.6) is 0 Å². The lowest BCUT2D eigenvalue weighted by atomic mass is 9.96. The number of allylic oxidation sites excluding steroid dienone is 1. The Morgan fingerprint density at radius 2 is 0.827 bits per heavy atom. The van der Waals surface area contributed by atoms with E-state index in [0.717, 1.165) is 44.9 Å². The fourth-order valence-electron chi connectivity index (χ4n) is 10.2. The zero-order valence-corrected chi connectivity index (χ0v) is 45.8. The third-order valence-electron chi connectivity index (χ3n) is 15.1. The van der Waals surface area contributed by atoms with Crippen molar-refractivity contribution in [2.45, 2.75) is 311 Å². The van der Waals surface area contributed by atoms with Crippen LogP contribution in [0.2, 0.25) is 0 Å². The maximum absolute atomic E-state index is 13.3. The first kappa shape index (κ1) is 67.8. The van der Waals surface area contributed by atoms with Crippen molar-refractivity contribution >= 4 is 5.91 Å². The van der Waals surface area contributed by atoms with E-state index in [-0.39, 0.29) is 18.9 Å². The molecule has 0 aromatic carbocycles. The molecule has 0 radical (unpaired) electrons. The normalized spacial score (nSPS) is 31.2. The number of hydrogen-bond acceptors (Lipinski definition) is 18. The minimum atomic E-state index is -1.97. The maximum Gasteiger partial charge on any atom is 0.220 e. The Bertz CT molecular complexity index is 1430. The van der Waals surface area contributed by atoms with Crippen molar-refractivity contribution in [3.05, 3.63) is 12.2 Å². The average Bonchev–Trinajstić information content (AvgIpc) is 3.41. The molecule has 0 aliphatic carbocycles. The molecule has 1 amide bonds. The highest BCUT2D eigenvalue weighted by molar-refractivity contribution is 5.76. The van der Waals surface area contributed by atoms with Gasteiger partial charge in [0.25, 0.3) is 0 Å². The fourth-order valence-corrected chi connectivity index (χ4v) is 10.2. The molecular weight excluding hydrogens is 975 g/mol. The van der Waals surface area contributed by atoms with E-state index in [1.807, 2.05) is 6.08 Å². The van der Waals surface area contributed by atoms with Crippen molar-refractivity contribution in [2.24, 2.45) is 0 Å². The van der Waals surface area contributed by atoms with Crippen molar-refractivity contribution in [2.75, 3.05) is 26.4 Å². The van der Waals surface area contributed by atoms with Gasteiger partial charge in [-0.1, -0.05) is 193 Å². The maximum atomic E-state index is 13.3. The second kappa shape index (κ2) is 40.7. The van der Waals surface area contributed by atoms with E-state index >= 15 is 0 Å². The Morgan fingerprint density at radius 3 is 1.25 bits per heavy atom. The third kappa shape index (κ3) is 25.3. The topological polar surface area (TPSA) is 307 Å². The minimum Gasteiger partial charge on any atom is -0.394 e. The van der Waals surface area contributed by atoms with Gasteiger partial charge in [0.05, 0.1) is 38.6 Å². The summed E-state index contributed by atoms with van der Waals surface area (Å²) in [5.74, 6) is -0.274. The van der Waals surface area contributed by atoms with Crippen LogP contribution in [0.25, 0.3) is 0 Å². The molecule has 3 rings (SSSR count). The summed E-state index contributed by atoms with van der Waals surface area (Å²) >= 11 is 0. The van der Waals surface area contributed by atoms with Crippen LogP contribution in [-0.2, 0) is 33.2 Å². The monoisotopic (exact) mass is 1080 g/mol. The smallest absolute Gasteiger partial charge is 0.220 e. The first-order valence-corrected chi connectivity index (χ1v) is 29.4. The number of aliphatic hydroxyl groups is 11. The van der Waals surface area contributed by atoms with Gasteiger partial charge in [0.1, 0.15) is 73.2 Å². The van der Waals surface area contributed by atoms with Crippen molar-refractivity contribution in [3.63, 3.8) is 0 Å². The first-order chi connectivity index (χ1) is 36.3. The van der Waals surface area contributed by atoms with E-state index in [4.69, 9.17) is 28.4 Å². The fraction of sp³-hybridized carbons (Fsp3) is 0.946. The number of hydrogen-bond donors (Lipinski definition) is 12. The molecule has 3 fully saturated rings. The van der Waals surface area contributed by atoms with Gasteiger partial charge in [-0.05, 0) is 19.3 Å². The summed E-state index contributed by atoms with van der Waals surface area (Å²) in [7, 11) is 0. The lowest BCUT2D eigenvalue weighted by molar-refractivity contribution is -0.379. The number of rotatable bonds is 43. The lowest BCUT2D eigenvalue weighted by Crippen LogP contribution is -2.66. The van der Waals surface area contributed by atoms with Gasteiger partial charge >= 0.3 is 0 Å². The second-order valence-corrected chi connectivity index (χ2v) is 21.5. The molecule has 75 heavy (non-hydrogen) atoms. The van der Waals surface area contributed by atoms with Gasteiger partial charge in [-0.2, -0.15) is 0 Å². The molecule has 17 atom stereocenters. The zero-order valence-electron chi connectivity index (χ0n) is 45.8. The van der Waals surface area contributed by atoms with Crippen LogP contribution < -0.4 is 5.32 Å². The summed E-state index contributed by atoms with van der Waals surface area (Å²) in [6, 6.07) is -0.966. The molecule has 0 aromatic rings. The predicted molar refractivity (Wildman–Crippen MR) is 282 cm³/mol. The molecule has 19 heteroatoms. The summed E-state index contributed by atoms with van der Waals surface area (Å²) in [4.78, 5) is 13.3. The number of carbonyl (C=O) groups is 1. The van der Waals surface area contributed by atoms with Crippen molar-refractivity contribution < 1.29 is 89.4 Å². The Labute approximate surface area is 448 Å². The quantitative estimate of drug-likeness (QED) is 0.0293. The number of ether oxygens (including phenoxy) is 6. The number of nitrogens with one attached hydrogen (secondary N) is 1. The minimum absolute atomic E-state index is 0.248. The van der Waals surface area contributed by atoms with E-state index in [9.17, 15) is 61.0 Å². The van der Waals surface area contributed by atoms with Crippen LogP contribution in [-0.4, -0.2) is 193 Å². The van der Waals surface area contributed by atoms with Gasteiger partial charge in [-0.3, -0.25) is 4.79 Å². The van der Waals surface area contributed by atoms with Crippen LogP contribution in [0.1, 0.15) is 206 Å². The van der Waals surface area contributed by atoms with Crippen molar-refractivity contribution in [3.8, 4) is 0 Å². The summed E-state index contributed by atoms with van der Waals surface area (Å²) < 4.78 is 34.2. The Kier molecular flexibility index (Phi) is 36.8. The van der Waals surface area contributed by atoms with E-state index in [1.165, 1.54) is 135 Å². The molecule has 0 saturated carbocycles. The highest BCUT2D eigenvalue weighted by Gasteiger charge is 2.53. The van der Waals surface area contributed by atoms with Gasteiger partial charge in [-0.25, -0.2) is 0 Å². The summed E-state index contributed by atoms with van der Waals surface area (Å²) in [6.45, 7) is 1.72. The van der Waals surface area contributed by atoms with Crippen molar-refractivity contribution in [1.82, 2.24) is 5.32 Å². The van der Waals surface area contributed by atoms with Crippen LogP contribution >= 0.6 is 0 Å². The van der Waals surface area contributed by atoms with Gasteiger partial charge in [0.15, 0.2) is 18.9 Å². The summed E-state index contributed by atoms with van der Waals surface area (Å²) in [6.07, 6.45) is 11.9. The molecule has 3 saturated heterocycles. The lowest BCUT2D eigenvalue weighted by Gasteiger charge is -2.48. The van der Waals surface area contributed by atoms with Gasteiger partial charge in [0.2, 0.25) is 5.91 Å². The second-order valence-electron chi connectivity index (χ2n) is 21.5. The van der Waals surface area contributed by atoms with Crippen LogP contribution in [0.4, 0.5) is 0 Å². The summed E-state index contributed by atoms with van der Waals surface area (Å²) in [5, 5.41) is 120. The molecule has 0 bridgehead atoms. The number of aliphatic hydroxyl groups excluding tert-OH is 11. The molecule has 0 aromatic heterocycles. The molecule has 3 aliphatic rings. The Morgan fingerprint density at radius 1 is 0.467 bits per heavy atom. The molecule has 3 aliphatic heterocycles. The Hall–Kier alpha value is -1.47. The highest BCUT2D eigenvalue weighted by Crippen LogP contribution is 2.33. The van der Waals surface area contributed by atoms with Crippen molar-refractivity contribution in [1.29, 1.82) is 0 Å². The standard InChI is InChI=1S/C56H105NO18/c1-3-5-7-9-11-13-15-17-18-19-20-22-23-25-27-29-31-33-40(61)39(57-44(62)34-32-30-28-26-24-21-16-14-12-10-8-6-4-2)38-70-54-50(68)47(65)52(42(36-59)72-54)75-56-51(69)48(66)53(43(37-60)73-56)74-55-49(67)46(64)45(63)41(35-58)71-55/h31,33,39-43,45-56,58-61,63-69H,3-30,32,34-38H2,1-2H3,(H,57,62)/b33-31+. The molecule has 17 unspecified atom stereocenters. The molecule has 442 valence electrons. The van der Waals surface area contributed by atoms with Crippen LogP contribution in [0.15, 0.2) is 12.2 Å². The average molecular weight is 1080 g/mol. The summed E-state index contributed by atoms with van der Waals surface area (Å²) in [5.41, 5.74) is 0. The first-order valence-electron chi connectivity index (χ1n) is 29.4. The SMILES string of the molecule is CCCCCCCCCCCCCCCCC/C=C/C(O)C(COC1OC(CO)C(OC2OC(CO)C(OC3OC(CO)C(O)C(O)C3O)C(O)C2O)C(O)C1O)NC(=O)CCCCCCCCCCCCCCC. The van der Waals surface area contributed by atoms with E-state index in [2.05, 4.69) is 19.2 Å². The number of carbonyl (C=O) groups excluding carboxylic acids is 1. The molecule has 19 nitrogen and oxygen atoms in total. The third-order valence-corrected chi connectivity index (χ3v) is 15.1. The van der Waals surface area contributed by atoms with Gasteiger partial charge in [0, 0.05) is 6.42 Å². The predicted octanol–water partition coefficient (Wildman–Crippen LogP) is 4.60. The Balaban J connectivity index is 1.52. The molecule has 0 spiro atoms. The highest BCUT2D eigenvalue weighted by atomic mass is 16.8. The van der Waals surface area contributed by atoms with Crippen LogP contribution in [0, 0.1) is 0 Å². The zero-order chi connectivity index (χ0) is 54.8. The van der Waals surface area contributed by atoms with Gasteiger partial charge in [-0.15, -0.1) is 0 Å². The van der Waals surface area contributed by atoms with Crippen LogP contribution in [0.3, 0.4) is 0 Å². The van der Waals surface area contributed by atoms with E-state index in [1.54, 1.807) is 6.08 Å². The molecule has 3 heterocycles. The number of unbranched alkanes of at least 4 members (excludes halogenated alkanes) is 27. The largest absolute Gasteiger partial charge is 0.394 e. The van der Waals surface area contributed by atoms with E-state index in [0.29, 0.717) is 6.42 Å². The molecular formula is C56H105NO18. The molecule has 12 N–H and O–H groups in total. The van der Waals surface area contributed by atoms with E-state index < -0.39 is 124 Å². The number of amides is 1. The van der Waals surface area contributed by atoms with Gasteiger partial charge < -0.3 is 89.9 Å².